The molecule has 0 bridgehead atoms. The van der Waals surface area contributed by atoms with Crippen LogP contribution in [0, 0.1) is 6.92 Å². The molecule has 56 heavy (non-hydrogen) atoms. The first-order valence-electron chi connectivity index (χ1n) is 19.7. The van der Waals surface area contributed by atoms with E-state index < -0.39 is 8.07 Å². The smallest absolute Gasteiger partial charge is 0.137 e. The van der Waals surface area contributed by atoms with Crippen molar-refractivity contribution >= 4 is 51.6 Å². The maximum Gasteiger partial charge on any atom is 0.137 e. The van der Waals surface area contributed by atoms with Crippen molar-refractivity contribution in [2.75, 3.05) is 16.5 Å². The molecule has 0 unspecified atom stereocenters. The van der Waals surface area contributed by atoms with E-state index in [9.17, 15) is 0 Å². The van der Waals surface area contributed by atoms with Crippen molar-refractivity contribution in [3.8, 4) is 28.1 Å². The lowest BCUT2D eigenvalue weighted by molar-refractivity contribution is 0.590. The Morgan fingerprint density at radius 1 is 0.571 bits per heavy atom. The maximum absolute atomic E-state index is 5.23. The normalized spacial score (nSPS) is 13.3. The largest absolute Gasteiger partial charge is 0.328 e. The molecule has 0 atom stereocenters. The molecule has 9 rings (SSSR count). The molecule has 1 aliphatic heterocycles. The average molecular weight is 745 g/mol. The fourth-order valence-corrected chi connectivity index (χ4v) is 10.8. The van der Waals surface area contributed by atoms with Crippen molar-refractivity contribution in [3.05, 3.63) is 181 Å². The Balaban J connectivity index is 1.09. The molecule has 5 heteroatoms. The summed E-state index contributed by atoms with van der Waals surface area (Å²) in [7, 11) is -2.16. The van der Waals surface area contributed by atoms with Gasteiger partial charge in [0, 0.05) is 46.2 Å². The van der Waals surface area contributed by atoms with Gasteiger partial charge in [0.25, 0.3) is 0 Å². The van der Waals surface area contributed by atoms with Gasteiger partial charge in [0.05, 0.1) is 23.4 Å². The fraction of sp³-hybridized carbons (Fsp3) is 0.157. The summed E-state index contributed by atoms with van der Waals surface area (Å²) in [5.41, 5.74) is 12.2. The molecule has 0 saturated carbocycles. The van der Waals surface area contributed by atoms with Gasteiger partial charge >= 0.3 is 0 Å². The van der Waals surface area contributed by atoms with Crippen LogP contribution in [0.3, 0.4) is 0 Å². The van der Waals surface area contributed by atoms with E-state index in [-0.39, 0.29) is 5.41 Å². The molecule has 0 saturated heterocycles. The van der Waals surface area contributed by atoms with E-state index in [0.717, 1.165) is 12.5 Å². The number of hydrogen-bond donors (Lipinski definition) is 0. The summed E-state index contributed by atoms with van der Waals surface area (Å²) >= 11 is 0. The van der Waals surface area contributed by atoms with E-state index >= 15 is 0 Å². The summed E-state index contributed by atoms with van der Waals surface area (Å²) in [6.45, 7) is 14.8. The second-order valence-corrected chi connectivity index (χ2v) is 21.1. The molecular formula is C51H48N4Si. The van der Waals surface area contributed by atoms with Gasteiger partial charge < -0.3 is 9.80 Å². The minimum absolute atomic E-state index is 0.0774. The molecule has 0 amide bonds. The number of pyridine rings is 1. The summed E-state index contributed by atoms with van der Waals surface area (Å²) < 4.78 is 2.39. The highest BCUT2D eigenvalue weighted by Gasteiger charge is 2.29. The van der Waals surface area contributed by atoms with Gasteiger partial charge in [-0.2, -0.15) is 0 Å². The minimum Gasteiger partial charge on any atom is -0.328 e. The molecule has 2 aromatic heterocycles. The van der Waals surface area contributed by atoms with E-state index in [4.69, 9.17) is 4.98 Å². The van der Waals surface area contributed by atoms with E-state index in [0.29, 0.717) is 0 Å². The van der Waals surface area contributed by atoms with Crippen LogP contribution in [0.2, 0.25) is 13.1 Å². The molecular weight excluding hydrogens is 697 g/mol. The number of anilines is 2. The Kier molecular flexibility index (Phi) is 8.78. The van der Waals surface area contributed by atoms with Crippen molar-refractivity contribution in [2.45, 2.75) is 46.2 Å². The van der Waals surface area contributed by atoms with Gasteiger partial charge in [0.15, 0.2) is 0 Å². The molecule has 0 N–H and O–H groups in total. The molecule has 3 heterocycles. The van der Waals surface area contributed by atoms with E-state index in [1.165, 1.54) is 76.9 Å². The number of fused-ring (bicyclic) bond motifs is 3. The first kappa shape index (κ1) is 35.5. The first-order chi connectivity index (χ1) is 27.1. The van der Waals surface area contributed by atoms with Gasteiger partial charge in [-0.05, 0) is 71.0 Å². The second kappa shape index (κ2) is 13.8. The number of para-hydroxylation sites is 2. The van der Waals surface area contributed by atoms with Crippen LogP contribution in [0.4, 0.5) is 11.4 Å². The van der Waals surface area contributed by atoms with Crippen molar-refractivity contribution < 1.29 is 0 Å². The van der Waals surface area contributed by atoms with Gasteiger partial charge in [0.1, 0.15) is 13.9 Å². The lowest BCUT2D eigenvalue weighted by Gasteiger charge is -2.27. The van der Waals surface area contributed by atoms with Crippen molar-refractivity contribution in [3.63, 3.8) is 0 Å². The average Bonchev–Trinajstić information content (AvgIpc) is 3.85. The number of aryl methyl sites for hydroxylation is 1. The second-order valence-electron chi connectivity index (χ2n) is 16.7. The standard InChI is InChI=1S/C51H48N4Si/c1-36-17-10-11-22-41(36)45-34-52-50(33-46(45)51(2,3)4)55-48-26-15-13-24-43(48)44-28-27-40(32-49(44)55)56(5,6)39-21-16-20-38(31-39)53-29-30-54(35-53)47-25-14-12-23-42(47)37-18-8-7-9-19-37/h7-34H,35H2,1-6H3. The van der Waals surface area contributed by atoms with Gasteiger partial charge in [-0.3, -0.25) is 4.57 Å². The van der Waals surface area contributed by atoms with Crippen LogP contribution in [0.5, 0.6) is 0 Å². The molecule has 4 nitrogen and oxygen atoms in total. The highest BCUT2D eigenvalue weighted by Crippen LogP contribution is 2.38. The summed E-state index contributed by atoms with van der Waals surface area (Å²) in [5.74, 6) is 0.955. The van der Waals surface area contributed by atoms with Gasteiger partial charge in [0.2, 0.25) is 0 Å². The Morgan fingerprint density at radius 3 is 2.05 bits per heavy atom. The zero-order chi connectivity index (χ0) is 38.6. The molecule has 276 valence electrons. The van der Waals surface area contributed by atoms with E-state index in [1.54, 1.807) is 0 Å². The Bertz CT molecular complexity index is 2770. The molecule has 1 aliphatic rings. The van der Waals surface area contributed by atoms with Crippen LogP contribution in [-0.4, -0.2) is 24.3 Å². The third-order valence-electron chi connectivity index (χ3n) is 11.7. The van der Waals surface area contributed by atoms with E-state index in [2.05, 4.69) is 225 Å². The number of aromatic nitrogens is 2. The number of benzene rings is 6. The molecule has 0 aliphatic carbocycles. The van der Waals surface area contributed by atoms with E-state index in [1.807, 2.05) is 0 Å². The first-order valence-corrected chi connectivity index (χ1v) is 22.7. The van der Waals surface area contributed by atoms with Gasteiger partial charge in [-0.15, -0.1) is 0 Å². The lowest BCUT2D eigenvalue weighted by atomic mass is 9.82. The molecule has 0 radical (unpaired) electrons. The predicted octanol–water partition coefficient (Wildman–Crippen LogP) is 11.7. The van der Waals surface area contributed by atoms with Crippen LogP contribution in [0.25, 0.3) is 49.9 Å². The maximum atomic E-state index is 5.23. The summed E-state index contributed by atoms with van der Waals surface area (Å²) in [6.07, 6.45) is 6.51. The quantitative estimate of drug-likeness (QED) is 0.152. The number of hydrogen-bond acceptors (Lipinski definition) is 3. The van der Waals surface area contributed by atoms with Gasteiger partial charge in [-0.1, -0.05) is 159 Å². The monoisotopic (exact) mass is 744 g/mol. The zero-order valence-corrected chi connectivity index (χ0v) is 34.2. The van der Waals surface area contributed by atoms with Crippen molar-refractivity contribution in [2.24, 2.45) is 0 Å². The SMILES string of the molecule is Cc1ccccc1-c1cnc(-n2c3ccccc3c3ccc([Si](C)(C)c4cccc(N5C=CN(c6ccccc6-c6ccccc6)C5)c4)cc32)cc1C(C)(C)C. The molecule has 8 aromatic rings. The third-order valence-corrected chi connectivity index (χ3v) is 15.2. The van der Waals surface area contributed by atoms with Crippen molar-refractivity contribution in [1.29, 1.82) is 0 Å². The van der Waals surface area contributed by atoms with Crippen LogP contribution >= 0.6 is 0 Å². The minimum atomic E-state index is -2.16. The number of rotatable bonds is 7. The van der Waals surface area contributed by atoms with Crippen LogP contribution in [0.15, 0.2) is 170 Å². The Labute approximate surface area is 332 Å². The van der Waals surface area contributed by atoms with Crippen LogP contribution in [-0.2, 0) is 5.41 Å². The fourth-order valence-electron chi connectivity index (χ4n) is 8.45. The highest BCUT2D eigenvalue weighted by atomic mass is 28.3. The number of nitrogens with zero attached hydrogens (tertiary/aromatic N) is 4. The zero-order valence-electron chi connectivity index (χ0n) is 33.2. The Morgan fingerprint density at radius 2 is 1.25 bits per heavy atom. The topological polar surface area (TPSA) is 24.3 Å². The lowest BCUT2D eigenvalue weighted by Crippen LogP contribution is -2.53. The summed E-state index contributed by atoms with van der Waals surface area (Å²) in [5, 5.41) is 5.30. The molecule has 0 fully saturated rings. The van der Waals surface area contributed by atoms with Crippen LogP contribution < -0.4 is 20.2 Å². The molecule has 6 aromatic carbocycles. The molecule has 0 spiro atoms. The third kappa shape index (κ3) is 6.22. The summed E-state index contributed by atoms with van der Waals surface area (Å²) in [4.78, 5) is 9.93. The highest BCUT2D eigenvalue weighted by molar-refractivity contribution is 7.00. The predicted molar refractivity (Wildman–Crippen MR) is 241 cm³/mol. The van der Waals surface area contributed by atoms with Crippen LogP contribution in [0.1, 0.15) is 31.9 Å². The summed E-state index contributed by atoms with van der Waals surface area (Å²) in [6, 6.07) is 55.5. The van der Waals surface area contributed by atoms with Crippen molar-refractivity contribution in [1.82, 2.24) is 9.55 Å². The Hall–Kier alpha value is -6.17. The van der Waals surface area contributed by atoms with Gasteiger partial charge in [-0.25, -0.2) is 4.98 Å².